The van der Waals surface area contributed by atoms with Crippen LogP contribution in [0.1, 0.15) is 52.2 Å². The van der Waals surface area contributed by atoms with Crippen LogP contribution in [0.15, 0.2) is 53.7 Å². The second-order valence-corrected chi connectivity index (χ2v) is 12.5. The molecule has 0 bridgehead atoms. The summed E-state index contributed by atoms with van der Waals surface area (Å²) in [5.41, 5.74) is 0.0738. The molecule has 1 saturated heterocycles. The zero-order valence-corrected chi connectivity index (χ0v) is 25.0. The Kier molecular flexibility index (Phi) is 10.1. The minimum absolute atomic E-state index is 0. The number of halogens is 2. The molecule has 1 N–H and O–H groups in total. The SMILES string of the molecule is C.CC.C[C@@]1(Cc2ccc(C#N)cc2)C(=O)N(c2cc(Cl)cc(Cl)c2)c2ncc(S(=O)(=O)N3CCC(C(=O)O)CC3)n21. The van der Waals surface area contributed by atoms with Crippen LogP contribution in [-0.2, 0) is 31.6 Å². The van der Waals surface area contributed by atoms with E-state index in [2.05, 4.69) is 11.1 Å². The van der Waals surface area contributed by atoms with Gasteiger partial charge in [0.15, 0.2) is 5.03 Å². The first-order valence-corrected chi connectivity index (χ1v) is 15.3. The van der Waals surface area contributed by atoms with Crippen molar-refractivity contribution in [1.29, 1.82) is 5.26 Å². The van der Waals surface area contributed by atoms with Gasteiger partial charge >= 0.3 is 5.97 Å². The molecule has 3 aromatic rings. The first kappa shape index (κ1) is 33.1. The topological polar surface area (TPSA) is 137 Å². The number of hydrogen-bond donors (Lipinski definition) is 1. The molecule has 13 heteroatoms. The van der Waals surface area contributed by atoms with E-state index < -0.39 is 33.4 Å². The highest BCUT2D eigenvalue weighted by molar-refractivity contribution is 7.89. The molecule has 10 nitrogen and oxygen atoms in total. The Hall–Kier alpha value is -3.43. The third-order valence-electron chi connectivity index (χ3n) is 7.21. The van der Waals surface area contributed by atoms with Gasteiger partial charge in [-0.2, -0.15) is 9.57 Å². The van der Waals surface area contributed by atoms with E-state index in [1.807, 2.05) is 13.8 Å². The number of carboxylic acids is 1. The van der Waals surface area contributed by atoms with Crippen LogP contribution in [0.2, 0.25) is 10.0 Å². The molecule has 1 fully saturated rings. The fraction of sp³-hybridized carbons (Fsp3) is 0.379. The Labute approximate surface area is 256 Å². The van der Waals surface area contributed by atoms with E-state index in [4.69, 9.17) is 28.5 Å². The summed E-state index contributed by atoms with van der Waals surface area (Å²) < 4.78 is 30.4. The second kappa shape index (κ2) is 12.8. The lowest BCUT2D eigenvalue weighted by Crippen LogP contribution is -2.44. The van der Waals surface area contributed by atoms with Gasteiger partial charge in [-0.1, -0.05) is 56.6 Å². The van der Waals surface area contributed by atoms with Crippen molar-refractivity contribution in [3.05, 3.63) is 69.8 Å². The van der Waals surface area contributed by atoms with Crippen molar-refractivity contribution in [2.75, 3.05) is 18.0 Å². The molecule has 5 rings (SSSR count). The number of carbonyl (C=O) groups excluding carboxylic acids is 1. The highest BCUT2D eigenvalue weighted by Gasteiger charge is 2.52. The van der Waals surface area contributed by atoms with Crippen molar-refractivity contribution < 1.29 is 23.1 Å². The maximum Gasteiger partial charge on any atom is 0.306 e. The number of nitriles is 1. The smallest absolute Gasteiger partial charge is 0.306 e. The quantitative estimate of drug-likeness (QED) is 0.360. The molecule has 1 amide bonds. The Morgan fingerprint density at radius 1 is 1.12 bits per heavy atom. The summed E-state index contributed by atoms with van der Waals surface area (Å²) in [6, 6.07) is 13.4. The number of carbonyl (C=O) groups is 2. The number of hydrogen-bond acceptors (Lipinski definition) is 6. The molecular weight excluding hydrogens is 601 g/mol. The maximum atomic E-state index is 14.1. The average Bonchev–Trinajstić information content (AvgIpc) is 3.48. The van der Waals surface area contributed by atoms with E-state index in [9.17, 15) is 23.1 Å². The molecule has 42 heavy (non-hydrogen) atoms. The van der Waals surface area contributed by atoms with E-state index in [-0.39, 0.29) is 50.8 Å². The first-order chi connectivity index (χ1) is 19.5. The van der Waals surface area contributed by atoms with Gasteiger partial charge in [-0.05, 0) is 55.7 Å². The lowest BCUT2D eigenvalue weighted by molar-refractivity contribution is -0.143. The lowest BCUT2D eigenvalue weighted by Gasteiger charge is -2.31. The van der Waals surface area contributed by atoms with E-state index in [1.165, 1.54) is 26.0 Å². The number of rotatable bonds is 6. The van der Waals surface area contributed by atoms with Gasteiger partial charge in [-0.25, -0.2) is 18.3 Å². The van der Waals surface area contributed by atoms with Gasteiger partial charge in [0.25, 0.3) is 15.9 Å². The van der Waals surface area contributed by atoms with Gasteiger partial charge in [0.2, 0.25) is 5.95 Å². The fourth-order valence-corrected chi connectivity index (χ4v) is 7.35. The van der Waals surface area contributed by atoms with E-state index >= 15 is 0 Å². The molecule has 0 radical (unpaired) electrons. The van der Waals surface area contributed by atoms with Crippen LogP contribution in [0.25, 0.3) is 0 Å². The molecule has 0 aliphatic carbocycles. The summed E-state index contributed by atoms with van der Waals surface area (Å²) in [5, 5.41) is 18.9. The Balaban J connectivity index is 0.00000158. The number of carboxylic acid groups (broad SMARTS) is 1. The first-order valence-electron chi connectivity index (χ1n) is 13.1. The summed E-state index contributed by atoms with van der Waals surface area (Å²) >= 11 is 12.5. The van der Waals surface area contributed by atoms with E-state index in [0.717, 1.165) is 0 Å². The number of aromatic nitrogens is 2. The average molecular weight is 635 g/mol. The number of sulfonamides is 1. The van der Waals surface area contributed by atoms with Gasteiger partial charge in [-0.3, -0.25) is 14.2 Å². The number of benzene rings is 2. The van der Waals surface area contributed by atoms with Crippen LogP contribution in [0.5, 0.6) is 0 Å². The number of piperidine rings is 1. The standard InChI is InChI=1S/C26H23Cl2N5O5S.C2H6.CH4/c1-26(13-16-2-4-17(14-29)5-3-16)24(36)32(21-11-19(27)10-20(28)12-21)25-30-15-22(33(25)26)39(37,38)31-8-6-18(7-9-31)23(34)35;1-2;/h2-5,10-12,15,18H,6-9,13H2,1H3,(H,34,35);1-2H3;1H4/t26-;;/m1../s1. The van der Waals surface area contributed by atoms with Gasteiger partial charge in [0, 0.05) is 29.6 Å². The Morgan fingerprint density at radius 3 is 2.21 bits per heavy atom. The molecule has 0 unspecified atom stereocenters. The number of nitrogens with zero attached hydrogens (tertiary/aromatic N) is 5. The third kappa shape index (κ3) is 5.90. The summed E-state index contributed by atoms with van der Waals surface area (Å²) in [5.74, 6) is -1.91. The van der Waals surface area contributed by atoms with Crippen LogP contribution in [0.3, 0.4) is 0 Å². The van der Waals surface area contributed by atoms with Gasteiger partial charge in [0.1, 0.15) is 5.54 Å². The molecule has 2 aliphatic rings. The lowest BCUT2D eigenvalue weighted by atomic mass is 9.91. The molecule has 0 saturated carbocycles. The number of aliphatic carboxylic acids is 1. The van der Waals surface area contributed by atoms with Crippen molar-refractivity contribution >= 4 is 56.7 Å². The third-order valence-corrected chi connectivity index (χ3v) is 9.51. The van der Waals surface area contributed by atoms with Crippen molar-refractivity contribution in [3.8, 4) is 6.07 Å². The minimum Gasteiger partial charge on any atom is -0.481 e. The van der Waals surface area contributed by atoms with Crippen LogP contribution < -0.4 is 4.90 Å². The monoisotopic (exact) mass is 633 g/mol. The minimum atomic E-state index is -4.15. The summed E-state index contributed by atoms with van der Waals surface area (Å²) in [7, 11) is -4.15. The van der Waals surface area contributed by atoms with Gasteiger partial charge < -0.3 is 5.11 Å². The maximum absolute atomic E-state index is 14.1. The number of fused-ring (bicyclic) bond motifs is 1. The van der Waals surface area contributed by atoms with Crippen LogP contribution in [0, 0.1) is 17.2 Å². The highest BCUT2D eigenvalue weighted by Crippen LogP contribution is 2.45. The predicted molar refractivity (Wildman–Crippen MR) is 162 cm³/mol. The van der Waals surface area contributed by atoms with Gasteiger partial charge in [-0.15, -0.1) is 0 Å². The van der Waals surface area contributed by atoms with Crippen molar-refractivity contribution in [2.24, 2.45) is 5.92 Å². The number of amides is 1. The highest BCUT2D eigenvalue weighted by atomic mass is 35.5. The summed E-state index contributed by atoms with van der Waals surface area (Å²) in [6.45, 7) is 5.71. The second-order valence-electron chi connectivity index (χ2n) is 9.78. The van der Waals surface area contributed by atoms with E-state index in [0.29, 0.717) is 26.9 Å². The molecule has 1 aromatic heterocycles. The van der Waals surface area contributed by atoms with Crippen LogP contribution in [-0.4, -0.2) is 52.3 Å². The molecular formula is C29H33Cl2N5O5S. The molecule has 2 aromatic carbocycles. The molecule has 0 spiro atoms. The van der Waals surface area contributed by atoms with Crippen LogP contribution >= 0.6 is 23.2 Å². The Morgan fingerprint density at radius 2 is 1.69 bits per heavy atom. The molecule has 3 heterocycles. The summed E-state index contributed by atoms with van der Waals surface area (Å²) in [6.07, 6.45) is 1.69. The fourth-order valence-electron chi connectivity index (χ4n) is 5.18. The van der Waals surface area contributed by atoms with E-state index in [1.54, 1.807) is 43.3 Å². The Bertz CT molecular complexity index is 1610. The molecule has 224 valence electrons. The van der Waals surface area contributed by atoms with Crippen molar-refractivity contribution in [1.82, 2.24) is 13.9 Å². The zero-order chi connectivity index (χ0) is 30.1. The predicted octanol–water partition coefficient (Wildman–Crippen LogP) is 5.85. The van der Waals surface area contributed by atoms with Gasteiger partial charge in [0.05, 0.1) is 29.4 Å². The number of imidazole rings is 1. The van der Waals surface area contributed by atoms with Crippen molar-refractivity contribution in [3.63, 3.8) is 0 Å². The van der Waals surface area contributed by atoms with Crippen LogP contribution in [0.4, 0.5) is 11.6 Å². The van der Waals surface area contributed by atoms with Crippen molar-refractivity contribution in [2.45, 2.75) is 58.0 Å². The zero-order valence-electron chi connectivity index (χ0n) is 22.7. The number of anilines is 2. The summed E-state index contributed by atoms with van der Waals surface area (Å²) in [4.78, 5) is 31.2. The molecule has 1 atom stereocenters. The molecule has 2 aliphatic heterocycles. The normalized spacial score (nSPS) is 18.9. The largest absolute Gasteiger partial charge is 0.481 e.